The van der Waals surface area contributed by atoms with Crippen molar-refractivity contribution in [3.05, 3.63) is 64.2 Å². The third kappa shape index (κ3) is 3.42. The number of halogens is 2. The number of aryl methyl sites for hydroxylation is 2. The second-order valence-corrected chi connectivity index (χ2v) is 6.27. The first kappa shape index (κ1) is 16.9. The van der Waals surface area contributed by atoms with Crippen molar-refractivity contribution in [2.24, 2.45) is 0 Å². The normalized spacial score (nSPS) is 19.6. The topological polar surface area (TPSA) is 41.5 Å². The minimum absolute atomic E-state index is 0.112. The Kier molecular flexibility index (Phi) is 4.83. The summed E-state index contributed by atoms with van der Waals surface area (Å²) in [5, 5.41) is 13.7. The average molecular weight is 333 g/mol. The number of benzene rings is 2. The number of rotatable bonds is 5. The third-order valence-corrected chi connectivity index (χ3v) is 4.46. The summed E-state index contributed by atoms with van der Waals surface area (Å²) in [6.45, 7) is 1.24. The average Bonchev–Trinajstić information content (AvgIpc) is 2.84. The Morgan fingerprint density at radius 1 is 1.21 bits per heavy atom. The van der Waals surface area contributed by atoms with Gasteiger partial charge in [-0.15, -0.1) is 0 Å². The van der Waals surface area contributed by atoms with E-state index in [0.29, 0.717) is 24.1 Å². The van der Waals surface area contributed by atoms with Gasteiger partial charge in [0.2, 0.25) is 0 Å². The predicted octanol–water partition coefficient (Wildman–Crippen LogP) is 3.65. The Bertz CT molecular complexity index is 710. The van der Waals surface area contributed by atoms with E-state index in [-0.39, 0.29) is 11.8 Å². The van der Waals surface area contributed by atoms with Crippen LogP contribution in [0.4, 0.5) is 8.78 Å². The molecule has 0 saturated heterocycles. The molecule has 3 rings (SSSR count). The van der Waals surface area contributed by atoms with Crippen LogP contribution in [-0.4, -0.2) is 17.8 Å². The van der Waals surface area contributed by atoms with Gasteiger partial charge in [-0.1, -0.05) is 36.4 Å². The lowest BCUT2D eigenvalue weighted by atomic mass is 10.0. The molecule has 0 spiro atoms. The molecule has 2 atom stereocenters. The van der Waals surface area contributed by atoms with E-state index in [1.54, 1.807) is 13.8 Å². The third-order valence-electron chi connectivity index (χ3n) is 4.46. The molecule has 1 aliphatic carbocycles. The second kappa shape index (κ2) is 6.87. The van der Waals surface area contributed by atoms with Crippen molar-refractivity contribution in [3.8, 4) is 5.75 Å². The second-order valence-electron chi connectivity index (χ2n) is 6.27. The largest absolute Gasteiger partial charge is 0.434 e. The highest BCUT2D eigenvalue weighted by Gasteiger charge is 2.30. The van der Waals surface area contributed by atoms with Crippen LogP contribution in [0.25, 0.3) is 0 Å². The minimum atomic E-state index is -2.82. The van der Waals surface area contributed by atoms with Crippen molar-refractivity contribution >= 4 is 0 Å². The van der Waals surface area contributed by atoms with Crippen molar-refractivity contribution in [2.75, 3.05) is 0 Å². The van der Waals surface area contributed by atoms with Gasteiger partial charge in [-0.25, -0.2) is 0 Å². The van der Waals surface area contributed by atoms with Crippen molar-refractivity contribution in [3.63, 3.8) is 0 Å². The van der Waals surface area contributed by atoms with Gasteiger partial charge in [0.05, 0.1) is 12.1 Å². The molecule has 5 heteroatoms. The zero-order chi connectivity index (χ0) is 17.3. The fourth-order valence-electron chi connectivity index (χ4n) is 3.46. The molecule has 0 aromatic heterocycles. The van der Waals surface area contributed by atoms with Crippen molar-refractivity contribution in [2.45, 2.75) is 45.6 Å². The number of aliphatic hydroxyl groups is 1. The van der Waals surface area contributed by atoms with Gasteiger partial charge < -0.3 is 15.2 Å². The summed E-state index contributed by atoms with van der Waals surface area (Å²) in [5.41, 5.74) is 4.62. The van der Waals surface area contributed by atoms with E-state index in [2.05, 4.69) is 10.1 Å². The molecule has 0 fully saturated rings. The molecular weight excluding hydrogens is 312 g/mol. The number of alkyl halides is 2. The van der Waals surface area contributed by atoms with E-state index in [0.717, 1.165) is 16.7 Å². The van der Waals surface area contributed by atoms with E-state index in [4.69, 9.17) is 0 Å². The Hall–Kier alpha value is -1.98. The lowest BCUT2D eigenvalue weighted by Gasteiger charge is -2.19. The molecule has 0 heterocycles. The number of aliphatic hydroxyl groups excluding tert-OH is 1. The standard InChI is InChI=1S/C19H21F2NO2/c1-11-7-13(8-12(2)18(11)24-19(20)21)10-22-17-15-6-4-3-5-14(15)9-16(17)23/h3-8,16-17,19,22-23H,9-10H2,1-2H3/t16-,17+/m0/s1. The minimum Gasteiger partial charge on any atom is -0.434 e. The fraction of sp³-hybridized carbons (Fsp3) is 0.368. The molecule has 24 heavy (non-hydrogen) atoms. The van der Waals surface area contributed by atoms with E-state index in [1.807, 2.05) is 36.4 Å². The van der Waals surface area contributed by atoms with Crippen molar-refractivity contribution in [1.82, 2.24) is 5.32 Å². The van der Waals surface area contributed by atoms with Crippen LogP contribution < -0.4 is 10.1 Å². The summed E-state index contributed by atoms with van der Waals surface area (Å²) in [7, 11) is 0. The molecule has 0 radical (unpaired) electrons. The van der Waals surface area contributed by atoms with Crippen LogP contribution in [0.15, 0.2) is 36.4 Å². The van der Waals surface area contributed by atoms with Crippen LogP contribution >= 0.6 is 0 Å². The molecule has 128 valence electrons. The first-order chi connectivity index (χ1) is 11.5. The summed E-state index contributed by atoms with van der Waals surface area (Å²) in [5.74, 6) is 0.236. The highest BCUT2D eigenvalue weighted by molar-refractivity contribution is 5.43. The van der Waals surface area contributed by atoms with Gasteiger partial charge >= 0.3 is 6.61 Å². The van der Waals surface area contributed by atoms with Crippen LogP contribution in [-0.2, 0) is 13.0 Å². The molecule has 0 aliphatic heterocycles. The summed E-state index contributed by atoms with van der Waals surface area (Å²) in [6.07, 6.45) is 0.193. The number of hydrogen-bond donors (Lipinski definition) is 2. The Labute approximate surface area is 140 Å². The zero-order valence-corrected chi connectivity index (χ0v) is 13.7. The van der Waals surface area contributed by atoms with E-state index >= 15 is 0 Å². The van der Waals surface area contributed by atoms with Gasteiger partial charge in [0.25, 0.3) is 0 Å². The van der Waals surface area contributed by atoms with Crippen LogP contribution in [0.1, 0.15) is 33.9 Å². The van der Waals surface area contributed by atoms with Gasteiger partial charge in [0.1, 0.15) is 5.75 Å². The number of ether oxygens (including phenoxy) is 1. The first-order valence-corrected chi connectivity index (χ1v) is 8.00. The maximum absolute atomic E-state index is 12.5. The highest BCUT2D eigenvalue weighted by atomic mass is 19.3. The molecule has 2 aromatic rings. The SMILES string of the molecule is Cc1cc(CN[C@@H]2c3ccccc3C[C@@H]2O)cc(C)c1OC(F)F. The van der Waals surface area contributed by atoms with E-state index in [9.17, 15) is 13.9 Å². The maximum Gasteiger partial charge on any atom is 0.387 e. The molecule has 0 unspecified atom stereocenters. The molecule has 2 aromatic carbocycles. The Morgan fingerprint density at radius 2 is 1.88 bits per heavy atom. The number of nitrogens with one attached hydrogen (secondary N) is 1. The van der Waals surface area contributed by atoms with Crippen LogP contribution in [0.5, 0.6) is 5.75 Å². The van der Waals surface area contributed by atoms with E-state index in [1.165, 1.54) is 0 Å². The summed E-state index contributed by atoms with van der Waals surface area (Å²) in [6, 6.07) is 11.6. The predicted molar refractivity (Wildman–Crippen MR) is 88.3 cm³/mol. The van der Waals surface area contributed by atoms with Gasteiger partial charge in [-0.05, 0) is 41.7 Å². The summed E-state index contributed by atoms with van der Waals surface area (Å²) < 4.78 is 29.5. The lowest BCUT2D eigenvalue weighted by molar-refractivity contribution is -0.0507. The molecule has 2 N–H and O–H groups in total. The Balaban J connectivity index is 1.73. The number of fused-ring (bicyclic) bond motifs is 1. The van der Waals surface area contributed by atoms with Gasteiger partial charge in [-0.2, -0.15) is 8.78 Å². The molecule has 0 bridgehead atoms. The molecule has 1 aliphatic rings. The Morgan fingerprint density at radius 3 is 2.54 bits per heavy atom. The summed E-state index contributed by atoms with van der Waals surface area (Å²) >= 11 is 0. The van der Waals surface area contributed by atoms with Gasteiger partial charge in [0.15, 0.2) is 0 Å². The molecule has 0 amide bonds. The van der Waals surface area contributed by atoms with E-state index < -0.39 is 12.7 Å². The number of hydrogen-bond acceptors (Lipinski definition) is 3. The molecular formula is C19H21F2NO2. The fourth-order valence-corrected chi connectivity index (χ4v) is 3.46. The van der Waals surface area contributed by atoms with Crippen molar-refractivity contribution in [1.29, 1.82) is 0 Å². The zero-order valence-electron chi connectivity index (χ0n) is 13.7. The molecule has 0 saturated carbocycles. The molecule has 3 nitrogen and oxygen atoms in total. The smallest absolute Gasteiger partial charge is 0.387 e. The lowest BCUT2D eigenvalue weighted by Crippen LogP contribution is -2.28. The van der Waals surface area contributed by atoms with Crippen LogP contribution in [0, 0.1) is 13.8 Å². The van der Waals surface area contributed by atoms with Gasteiger partial charge in [0, 0.05) is 13.0 Å². The highest BCUT2D eigenvalue weighted by Crippen LogP contribution is 2.32. The monoisotopic (exact) mass is 333 g/mol. The van der Waals surface area contributed by atoms with Crippen LogP contribution in [0.3, 0.4) is 0 Å². The first-order valence-electron chi connectivity index (χ1n) is 8.00. The maximum atomic E-state index is 12.5. The summed E-state index contributed by atoms with van der Waals surface area (Å²) in [4.78, 5) is 0. The van der Waals surface area contributed by atoms with Crippen LogP contribution in [0.2, 0.25) is 0 Å². The van der Waals surface area contributed by atoms with Gasteiger partial charge in [-0.3, -0.25) is 0 Å². The quantitative estimate of drug-likeness (QED) is 0.877. The van der Waals surface area contributed by atoms with Crippen molar-refractivity contribution < 1.29 is 18.6 Å².